The molecule has 0 bridgehead atoms. The summed E-state index contributed by atoms with van der Waals surface area (Å²) in [6.45, 7) is 4.44. The van der Waals surface area contributed by atoms with Gasteiger partial charge in [-0.3, -0.25) is 14.5 Å². The number of carbonyl (C=O) groups is 2. The van der Waals surface area contributed by atoms with Gasteiger partial charge >= 0.3 is 0 Å². The second-order valence-corrected chi connectivity index (χ2v) is 8.11. The molecule has 128 valence electrons. The van der Waals surface area contributed by atoms with Crippen molar-refractivity contribution in [3.8, 4) is 0 Å². The molecule has 0 radical (unpaired) electrons. The van der Waals surface area contributed by atoms with Gasteiger partial charge in [0, 0.05) is 22.6 Å². The zero-order valence-corrected chi connectivity index (χ0v) is 14.8. The van der Waals surface area contributed by atoms with Crippen LogP contribution in [0.25, 0.3) is 10.8 Å². The van der Waals surface area contributed by atoms with Gasteiger partial charge in [-0.15, -0.1) is 0 Å². The first kappa shape index (κ1) is 15.1. The van der Waals surface area contributed by atoms with Crippen molar-refractivity contribution in [3.63, 3.8) is 0 Å². The number of carbonyl (C=O) groups excluding carboxylic acids is 2. The van der Waals surface area contributed by atoms with E-state index < -0.39 is 0 Å². The quantitative estimate of drug-likeness (QED) is 0.727. The number of hydrogen-bond donors (Lipinski definition) is 0. The summed E-state index contributed by atoms with van der Waals surface area (Å²) in [7, 11) is 0. The highest BCUT2D eigenvalue weighted by Crippen LogP contribution is 2.41. The van der Waals surface area contributed by atoms with Crippen molar-refractivity contribution in [2.24, 2.45) is 11.8 Å². The van der Waals surface area contributed by atoms with Gasteiger partial charge in [-0.2, -0.15) is 0 Å². The van der Waals surface area contributed by atoms with Crippen molar-refractivity contribution in [1.29, 1.82) is 0 Å². The van der Waals surface area contributed by atoms with Crippen LogP contribution >= 0.6 is 0 Å². The van der Waals surface area contributed by atoms with Crippen molar-refractivity contribution < 1.29 is 9.59 Å². The number of aryl methyl sites for hydroxylation is 2. The van der Waals surface area contributed by atoms with Gasteiger partial charge in [-0.1, -0.05) is 38.8 Å². The van der Waals surface area contributed by atoms with Gasteiger partial charge < -0.3 is 0 Å². The summed E-state index contributed by atoms with van der Waals surface area (Å²) < 4.78 is 0. The molecule has 0 unspecified atom stereocenters. The average Bonchev–Trinajstić information content (AvgIpc) is 3.03. The molecule has 1 saturated carbocycles. The fraction of sp³-hybridized carbons (Fsp3) is 0.455. The van der Waals surface area contributed by atoms with Crippen molar-refractivity contribution in [2.75, 3.05) is 0 Å². The maximum Gasteiger partial charge on any atom is 0.261 e. The summed E-state index contributed by atoms with van der Waals surface area (Å²) in [6, 6.07) is 8.12. The lowest BCUT2D eigenvalue weighted by atomic mass is 9.76. The number of hydrogen-bond acceptors (Lipinski definition) is 2. The Labute approximate surface area is 148 Å². The average molecular weight is 333 g/mol. The Bertz CT molecular complexity index is 871. The minimum atomic E-state index is -0.0842. The molecule has 1 heterocycles. The minimum Gasteiger partial charge on any atom is -0.271 e. The van der Waals surface area contributed by atoms with E-state index in [0.717, 1.165) is 42.2 Å². The van der Waals surface area contributed by atoms with Gasteiger partial charge in [-0.05, 0) is 59.7 Å². The molecule has 0 N–H and O–H groups in total. The first-order valence-corrected chi connectivity index (χ1v) is 9.53. The highest BCUT2D eigenvalue weighted by molar-refractivity contribution is 6.26. The smallest absolute Gasteiger partial charge is 0.261 e. The van der Waals surface area contributed by atoms with Gasteiger partial charge in [0.05, 0.1) is 0 Å². The van der Waals surface area contributed by atoms with Crippen LogP contribution in [0.15, 0.2) is 24.3 Å². The van der Waals surface area contributed by atoms with E-state index in [1.54, 1.807) is 4.90 Å². The number of amides is 2. The van der Waals surface area contributed by atoms with E-state index in [4.69, 9.17) is 0 Å². The second kappa shape index (κ2) is 5.17. The van der Waals surface area contributed by atoms with Gasteiger partial charge in [0.25, 0.3) is 11.8 Å². The highest BCUT2D eigenvalue weighted by atomic mass is 16.2. The molecule has 1 fully saturated rings. The molecular formula is C22H23NO2. The van der Waals surface area contributed by atoms with Crippen LogP contribution in [0.5, 0.6) is 0 Å². The zero-order chi connectivity index (χ0) is 17.3. The Balaban J connectivity index is 1.69. The van der Waals surface area contributed by atoms with Crippen LogP contribution in [0, 0.1) is 11.8 Å². The standard InChI is InChI=1S/C22H23NO2/c1-12-4-3-5-18(13(12)2)23-21(24)16-10-8-14-6-7-15-9-11-17(22(23)25)20(16)19(14)15/h8-13,18H,3-7H2,1-2H3/t12-,13+,18+/m1/s1. The molecule has 3 heteroatoms. The number of rotatable bonds is 1. The molecule has 2 aromatic carbocycles. The van der Waals surface area contributed by atoms with Crippen molar-refractivity contribution in [1.82, 2.24) is 4.90 Å². The van der Waals surface area contributed by atoms with E-state index >= 15 is 0 Å². The molecule has 0 aromatic heterocycles. The molecule has 5 rings (SSSR count). The fourth-order valence-electron chi connectivity index (χ4n) is 5.26. The molecule has 0 saturated heterocycles. The Morgan fingerprint density at radius 2 is 1.44 bits per heavy atom. The maximum absolute atomic E-state index is 13.3. The van der Waals surface area contributed by atoms with Gasteiger partial charge in [0.1, 0.15) is 0 Å². The predicted molar refractivity (Wildman–Crippen MR) is 97.8 cm³/mol. The third-order valence-electron chi connectivity index (χ3n) is 6.89. The van der Waals surface area contributed by atoms with Crippen LogP contribution in [-0.2, 0) is 12.8 Å². The van der Waals surface area contributed by atoms with Crippen LogP contribution < -0.4 is 0 Å². The van der Waals surface area contributed by atoms with E-state index in [1.165, 1.54) is 22.9 Å². The monoisotopic (exact) mass is 333 g/mol. The minimum absolute atomic E-state index is 0.0245. The SMILES string of the molecule is C[C@H]1[C@H](C)CCC[C@@H]1N1C(=O)c2ccc3c4c(ccc(c24)C1=O)CC3. The van der Waals surface area contributed by atoms with Crippen molar-refractivity contribution in [2.45, 2.75) is 52.0 Å². The lowest BCUT2D eigenvalue weighted by Gasteiger charge is -2.42. The molecule has 1 aliphatic heterocycles. The summed E-state index contributed by atoms with van der Waals surface area (Å²) >= 11 is 0. The molecular weight excluding hydrogens is 310 g/mol. The predicted octanol–water partition coefficient (Wildman–Crippen LogP) is 4.36. The topological polar surface area (TPSA) is 37.4 Å². The summed E-state index contributed by atoms with van der Waals surface area (Å²) in [4.78, 5) is 28.2. The lowest BCUT2D eigenvalue weighted by Crippen LogP contribution is -2.52. The Morgan fingerprint density at radius 1 is 0.840 bits per heavy atom. The summed E-state index contributed by atoms with van der Waals surface area (Å²) in [6.07, 6.45) is 5.23. The molecule has 25 heavy (non-hydrogen) atoms. The third-order valence-corrected chi connectivity index (χ3v) is 6.89. The number of nitrogens with zero attached hydrogens (tertiary/aromatic N) is 1. The molecule has 3 atom stereocenters. The van der Waals surface area contributed by atoms with E-state index in [2.05, 4.69) is 26.0 Å². The highest BCUT2D eigenvalue weighted by Gasteiger charge is 2.42. The Morgan fingerprint density at radius 3 is 2.04 bits per heavy atom. The first-order chi connectivity index (χ1) is 12.1. The summed E-state index contributed by atoms with van der Waals surface area (Å²) in [5.41, 5.74) is 4.01. The molecule has 3 nitrogen and oxygen atoms in total. The summed E-state index contributed by atoms with van der Waals surface area (Å²) in [5, 5.41) is 2.08. The number of benzene rings is 2. The van der Waals surface area contributed by atoms with Gasteiger partial charge in [0.15, 0.2) is 0 Å². The largest absolute Gasteiger partial charge is 0.271 e. The van der Waals surface area contributed by atoms with Gasteiger partial charge in [0.2, 0.25) is 0 Å². The molecule has 3 aliphatic rings. The third kappa shape index (κ3) is 1.92. The lowest BCUT2D eigenvalue weighted by molar-refractivity contribution is 0.0385. The summed E-state index contributed by atoms with van der Waals surface area (Å²) in [5.74, 6) is 0.735. The first-order valence-electron chi connectivity index (χ1n) is 9.53. The van der Waals surface area contributed by atoms with Crippen molar-refractivity contribution >= 4 is 22.6 Å². The zero-order valence-electron chi connectivity index (χ0n) is 14.8. The van der Waals surface area contributed by atoms with Crippen LogP contribution in [0.4, 0.5) is 0 Å². The van der Waals surface area contributed by atoms with E-state index in [-0.39, 0.29) is 17.9 Å². The van der Waals surface area contributed by atoms with Crippen LogP contribution in [-0.4, -0.2) is 22.8 Å². The van der Waals surface area contributed by atoms with Crippen LogP contribution in [0.2, 0.25) is 0 Å². The van der Waals surface area contributed by atoms with Crippen molar-refractivity contribution in [3.05, 3.63) is 46.5 Å². The van der Waals surface area contributed by atoms with E-state index in [1.807, 2.05) is 12.1 Å². The second-order valence-electron chi connectivity index (χ2n) is 8.11. The normalized spacial score (nSPS) is 28.1. The molecule has 2 aliphatic carbocycles. The van der Waals surface area contributed by atoms with Crippen LogP contribution in [0.1, 0.15) is 65.0 Å². The Hall–Kier alpha value is -2.16. The Kier molecular flexibility index (Phi) is 3.13. The van der Waals surface area contributed by atoms with E-state index in [9.17, 15) is 9.59 Å². The van der Waals surface area contributed by atoms with Crippen LogP contribution in [0.3, 0.4) is 0 Å². The fourth-order valence-corrected chi connectivity index (χ4v) is 5.26. The molecule has 0 spiro atoms. The van der Waals surface area contributed by atoms with E-state index in [0.29, 0.717) is 11.8 Å². The number of imide groups is 1. The molecule has 2 aromatic rings. The maximum atomic E-state index is 13.3. The van der Waals surface area contributed by atoms with Gasteiger partial charge in [-0.25, -0.2) is 0 Å². The molecule has 2 amide bonds.